The average molecular weight is 269 g/mol. The molecule has 106 valence electrons. The summed E-state index contributed by atoms with van der Waals surface area (Å²) in [5, 5.41) is 18.3. The van der Waals surface area contributed by atoms with Crippen LogP contribution in [0.5, 0.6) is 0 Å². The molecule has 0 saturated heterocycles. The van der Waals surface area contributed by atoms with Crippen LogP contribution in [0.15, 0.2) is 24.3 Å². The number of benzene rings is 1. The van der Waals surface area contributed by atoms with Gasteiger partial charge in [0.25, 0.3) is 0 Å². The second-order valence-electron chi connectivity index (χ2n) is 5.04. The highest BCUT2D eigenvalue weighted by Crippen LogP contribution is 2.15. The standard InChI is InChI=1S/C14H20FNO3/c1-14(2,10-18)16(7-8-17)13(19)9-11-3-5-12(15)6-4-11/h3-6,17-18H,7-10H2,1-2H3. The Bertz CT molecular complexity index is 417. The SMILES string of the molecule is CC(C)(CO)N(CCO)C(=O)Cc1ccc(F)cc1. The summed E-state index contributed by atoms with van der Waals surface area (Å²) in [6.45, 7) is 3.25. The zero-order valence-electron chi connectivity index (χ0n) is 11.3. The predicted molar refractivity (Wildman–Crippen MR) is 70.1 cm³/mol. The van der Waals surface area contributed by atoms with Gasteiger partial charge in [0.05, 0.1) is 25.2 Å². The number of nitrogens with zero attached hydrogens (tertiary/aromatic N) is 1. The second-order valence-corrected chi connectivity index (χ2v) is 5.04. The topological polar surface area (TPSA) is 60.8 Å². The summed E-state index contributed by atoms with van der Waals surface area (Å²) >= 11 is 0. The minimum atomic E-state index is -0.736. The van der Waals surface area contributed by atoms with Gasteiger partial charge in [-0.3, -0.25) is 4.79 Å². The average Bonchev–Trinajstić information content (AvgIpc) is 2.38. The zero-order chi connectivity index (χ0) is 14.5. The molecule has 1 aromatic rings. The Kier molecular flexibility index (Phi) is 5.44. The smallest absolute Gasteiger partial charge is 0.227 e. The van der Waals surface area contributed by atoms with Gasteiger partial charge in [-0.2, -0.15) is 0 Å². The molecule has 0 fully saturated rings. The summed E-state index contributed by atoms with van der Waals surface area (Å²) in [5.74, 6) is -0.557. The lowest BCUT2D eigenvalue weighted by atomic mass is 10.0. The van der Waals surface area contributed by atoms with E-state index in [1.54, 1.807) is 26.0 Å². The fourth-order valence-corrected chi connectivity index (χ4v) is 1.82. The number of β-amino-alcohol motifs (C(OH)–C–C–N with tert-alkyl or cyclic N) is 1. The van der Waals surface area contributed by atoms with Gasteiger partial charge in [-0.05, 0) is 31.5 Å². The number of carbonyl (C=O) groups excluding carboxylic acids is 1. The van der Waals surface area contributed by atoms with Crippen molar-refractivity contribution in [2.75, 3.05) is 19.8 Å². The fraction of sp³-hybridized carbons (Fsp3) is 0.500. The van der Waals surface area contributed by atoms with Crippen LogP contribution in [0.3, 0.4) is 0 Å². The zero-order valence-corrected chi connectivity index (χ0v) is 11.3. The van der Waals surface area contributed by atoms with Gasteiger partial charge in [0.15, 0.2) is 0 Å². The van der Waals surface area contributed by atoms with Crippen LogP contribution >= 0.6 is 0 Å². The van der Waals surface area contributed by atoms with Crippen molar-refractivity contribution in [1.82, 2.24) is 4.90 Å². The molecule has 5 heteroatoms. The fourth-order valence-electron chi connectivity index (χ4n) is 1.82. The molecule has 1 amide bonds. The molecule has 1 aromatic carbocycles. The molecule has 0 aliphatic heterocycles. The van der Waals surface area contributed by atoms with E-state index in [9.17, 15) is 14.3 Å². The molecule has 0 unspecified atom stereocenters. The van der Waals surface area contributed by atoms with E-state index in [-0.39, 0.29) is 37.9 Å². The highest BCUT2D eigenvalue weighted by molar-refractivity contribution is 5.79. The lowest BCUT2D eigenvalue weighted by Gasteiger charge is -2.37. The lowest BCUT2D eigenvalue weighted by molar-refractivity contribution is -0.138. The van der Waals surface area contributed by atoms with E-state index in [0.717, 1.165) is 0 Å². The summed E-state index contributed by atoms with van der Waals surface area (Å²) < 4.78 is 12.8. The highest BCUT2D eigenvalue weighted by atomic mass is 19.1. The van der Waals surface area contributed by atoms with Crippen LogP contribution in [0, 0.1) is 5.82 Å². The summed E-state index contributed by atoms with van der Waals surface area (Å²) in [6.07, 6.45) is 0.115. The Balaban J connectivity index is 2.80. The first kappa shape index (κ1) is 15.6. The monoisotopic (exact) mass is 269 g/mol. The summed E-state index contributed by atoms with van der Waals surface area (Å²) in [6, 6.07) is 5.71. The summed E-state index contributed by atoms with van der Waals surface area (Å²) in [4.78, 5) is 13.6. The molecule has 0 aliphatic carbocycles. The minimum Gasteiger partial charge on any atom is -0.395 e. The third-order valence-corrected chi connectivity index (χ3v) is 3.01. The second kappa shape index (κ2) is 6.63. The van der Waals surface area contributed by atoms with E-state index in [2.05, 4.69) is 0 Å². The van der Waals surface area contributed by atoms with Gasteiger partial charge in [0, 0.05) is 6.54 Å². The predicted octanol–water partition coefficient (Wildman–Crippen LogP) is 0.960. The quantitative estimate of drug-likeness (QED) is 0.808. The van der Waals surface area contributed by atoms with Crippen LogP contribution in [-0.2, 0) is 11.2 Å². The number of aliphatic hydroxyl groups is 2. The molecule has 1 rings (SSSR count). The Morgan fingerprint density at radius 2 is 1.84 bits per heavy atom. The van der Waals surface area contributed by atoms with Crippen molar-refractivity contribution < 1.29 is 19.4 Å². The third kappa shape index (κ3) is 4.29. The number of rotatable bonds is 6. The molecule has 0 saturated carbocycles. The van der Waals surface area contributed by atoms with Crippen molar-refractivity contribution in [2.24, 2.45) is 0 Å². The van der Waals surface area contributed by atoms with Gasteiger partial charge in [-0.25, -0.2) is 4.39 Å². The number of amides is 1. The van der Waals surface area contributed by atoms with Crippen LogP contribution in [0.4, 0.5) is 4.39 Å². The summed E-state index contributed by atoms with van der Waals surface area (Å²) in [7, 11) is 0. The lowest BCUT2D eigenvalue weighted by Crippen LogP contribution is -2.51. The Labute approximate surface area is 112 Å². The maximum atomic E-state index is 12.8. The van der Waals surface area contributed by atoms with Gasteiger partial charge in [-0.1, -0.05) is 12.1 Å². The maximum Gasteiger partial charge on any atom is 0.227 e. The van der Waals surface area contributed by atoms with Crippen LogP contribution in [0.25, 0.3) is 0 Å². The van der Waals surface area contributed by atoms with Crippen LogP contribution in [0.2, 0.25) is 0 Å². The third-order valence-electron chi connectivity index (χ3n) is 3.01. The van der Waals surface area contributed by atoms with E-state index >= 15 is 0 Å². The van der Waals surface area contributed by atoms with E-state index < -0.39 is 5.54 Å². The molecule has 0 radical (unpaired) electrons. The normalized spacial score (nSPS) is 11.4. The molecule has 0 spiro atoms. The number of carbonyl (C=O) groups is 1. The molecule has 0 atom stereocenters. The molecule has 0 aromatic heterocycles. The first-order chi connectivity index (χ1) is 8.90. The highest BCUT2D eigenvalue weighted by Gasteiger charge is 2.29. The van der Waals surface area contributed by atoms with Gasteiger partial charge in [0.1, 0.15) is 5.82 Å². The minimum absolute atomic E-state index is 0.115. The van der Waals surface area contributed by atoms with Crippen molar-refractivity contribution >= 4 is 5.91 Å². The first-order valence-corrected chi connectivity index (χ1v) is 6.17. The number of halogens is 1. The molecule has 2 N–H and O–H groups in total. The molecular formula is C14H20FNO3. The Morgan fingerprint density at radius 1 is 1.26 bits per heavy atom. The molecule has 0 bridgehead atoms. The number of aliphatic hydroxyl groups excluding tert-OH is 2. The van der Waals surface area contributed by atoms with E-state index in [1.807, 2.05) is 0 Å². The molecular weight excluding hydrogens is 249 g/mol. The van der Waals surface area contributed by atoms with Crippen LogP contribution in [-0.4, -0.2) is 46.3 Å². The van der Waals surface area contributed by atoms with Crippen LogP contribution in [0.1, 0.15) is 19.4 Å². The van der Waals surface area contributed by atoms with Gasteiger partial charge < -0.3 is 15.1 Å². The molecule has 4 nitrogen and oxygen atoms in total. The van der Waals surface area contributed by atoms with Crippen molar-refractivity contribution in [3.63, 3.8) is 0 Å². The number of hydrogen-bond donors (Lipinski definition) is 2. The largest absolute Gasteiger partial charge is 0.395 e. The van der Waals surface area contributed by atoms with Crippen molar-refractivity contribution in [3.8, 4) is 0 Å². The molecule has 0 heterocycles. The first-order valence-electron chi connectivity index (χ1n) is 6.17. The number of hydrogen-bond acceptors (Lipinski definition) is 3. The van der Waals surface area contributed by atoms with Gasteiger partial charge >= 0.3 is 0 Å². The van der Waals surface area contributed by atoms with Gasteiger partial charge in [0.2, 0.25) is 5.91 Å². The van der Waals surface area contributed by atoms with E-state index in [4.69, 9.17) is 5.11 Å². The van der Waals surface area contributed by atoms with Crippen LogP contribution < -0.4 is 0 Å². The molecule has 0 aliphatic rings. The summed E-state index contributed by atoms with van der Waals surface area (Å²) in [5.41, 5.74) is -0.0390. The maximum absolute atomic E-state index is 12.8. The van der Waals surface area contributed by atoms with E-state index in [1.165, 1.54) is 17.0 Å². The van der Waals surface area contributed by atoms with E-state index in [0.29, 0.717) is 5.56 Å². The van der Waals surface area contributed by atoms with Crippen molar-refractivity contribution in [3.05, 3.63) is 35.6 Å². The molecule has 19 heavy (non-hydrogen) atoms. The van der Waals surface area contributed by atoms with Gasteiger partial charge in [-0.15, -0.1) is 0 Å². The van der Waals surface area contributed by atoms with Crippen molar-refractivity contribution in [1.29, 1.82) is 0 Å². The van der Waals surface area contributed by atoms with Crippen molar-refractivity contribution in [2.45, 2.75) is 25.8 Å². The Hall–Kier alpha value is -1.46. The Morgan fingerprint density at radius 3 is 2.32 bits per heavy atom.